The van der Waals surface area contributed by atoms with E-state index in [4.69, 9.17) is 16.3 Å². The Bertz CT molecular complexity index is 358. The number of amides is 1. The van der Waals surface area contributed by atoms with Crippen molar-refractivity contribution in [2.24, 2.45) is 0 Å². The van der Waals surface area contributed by atoms with E-state index in [0.717, 1.165) is 5.56 Å². The molecule has 0 aromatic heterocycles. The van der Waals surface area contributed by atoms with Crippen LogP contribution >= 0.6 is 11.6 Å². The Morgan fingerprint density at radius 2 is 2.18 bits per heavy atom. The molecule has 0 fully saturated rings. The molecule has 0 aliphatic carbocycles. The Hall–Kier alpha value is -1.10. The lowest BCUT2D eigenvalue weighted by atomic mass is 10.2. The Labute approximate surface area is 106 Å². The Balaban J connectivity index is 2.19. The summed E-state index contributed by atoms with van der Waals surface area (Å²) >= 11 is 5.98. The van der Waals surface area contributed by atoms with Gasteiger partial charge in [0.05, 0.1) is 13.2 Å². The minimum absolute atomic E-state index is 0.0471. The summed E-state index contributed by atoms with van der Waals surface area (Å²) in [5.74, 6) is -0.0471. The molecular weight excluding hydrogens is 240 g/mol. The van der Waals surface area contributed by atoms with Gasteiger partial charge in [0.1, 0.15) is 0 Å². The Kier molecular flexibility index (Phi) is 6.62. The molecule has 17 heavy (non-hydrogen) atoms. The maximum Gasteiger partial charge on any atom is 0.234 e. The van der Waals surface area contributed by atoms with Crippen LogP contribution in [0, 0.1) is 0 Å². The third kappa shape index (κ3) is 5.68. The summed E-state index contributed by atoms with van der Waals surface area (Å²) in [6.45, 7) is 1.91. The lowest BCUT2D eigenvalue weighted by Crippen LogP contribution is -2.35. The van der Waals surface area contributed by atoms with Gasteiger partial charge in [0.15, 0.2) is 0 Å². The van der Waals surface area contributed by atoms with Crippen molar-refractivity contribution in [2.75, 3.05) is 26.8 Å². The minimum Gasteiger partial charge on any atom is -0.383 e. The van der Waals surface area contributed by atoms with E-state index >= 15 is 0 Å². The van der Waals surface area contributed by atoms with E-state index < -0.39 is 0 Å². The molecule has 1 amide bonds. The number of hydrogen-bond acceptors (Lipinski definition) is 3. The number of carbonyl (C=O) groups excluding carboxylic acids is 1. The molecule has 0 aliphatic heterocycles. The van der Waals surface area contributed by atoms with Crippen molar-refractivity contribution in [1.82, 2.24) is 10.6 Å². The van der Waals surface area contributed by atoms with Gasteiger partial charge in [-0.2, -0.15) is 0 Å². The number of halogens is 1. The summed E-state index contributed by atoms with van der Waals surface area (Å²) in [7, 11) is 1.60. The molecule has 1 aromatic rings. The van der Waals surface area contributed by atoms with Crippen molar-refractivity contribution >= 4 is 17.5 Å². The molecule has 0 atom stereocenters. The van der Waals surface area contributed by atoms with Crippen molar-refractivity contribution < 1.29 is 9.53 Å². The summed E-state index contributed by atoms with van der Waals surface area (Å²) in [5.41, 5.74) is 0.985. The predicted octanol–water partition coefficient (Wildman–Crippen LogP) is 1.19. The fourth-order valence-corrected chi connectivity index (χ4v) is 1.51. The third-order valence-electron chi connectivity index (χ3n) is 2.19. The van der Waals surface area contributed by atoms with Crippen LogP contribution < -0.4 is 10.6 Å². The summed E-state index contributed by atoms with van der Waals surface area (Å²) in [4.78, 5) is 11.3. The molecule has 0 aliphatic rings. The van der Waals surface area contributed by atoms with Gasteiger partial charge in [-0.05, 0) is 11.6 Å². The number of benzene rings is 1. The highest BCUT2D eigenvalue weighted by Gasteiger charge is 2.01. The molecule has 94 valence electrons. The average Bonchev–Trinajstić information content (AvgIpc) is 2.32. The van der Waals surface area contributed by atoms with Crippen molar-refractivity contribution in [2.45, 2.75) is 6.54 Å². The van der Waals surface area contributed by atoms with Crippen molar-refractivity contribution in [3.05, 3.63) is 34.9 Å². The molecule has 0 radical (unpaired) electrons. The van der Waals surface area contributed by atoms with E-state index in [1.54, 1.807) is 7.11 Å². The monoisotopic (exact) mass is 256 g/mol. The first-order valence-corrected chi connectivity index (χ1v) is 5.81. The average molecular weight is 257 g/mol. The van der Waals surface area contributed by atoms with E-state index in [9.17, 15) is 4.79 Å². The standard InChI is InChI=1S/C12H17ClN2O2/c1-17-7-6-15-12(16)9-14-8-10-4-2-3-5-11(10)13/h2-5,14H,6-9H2,1H3,(H,15,16). The van der Waals surface area contributed by atoms with E-state index in [1.807, 2.05) is 24.3 Å². The molecule has 0 unspecified atom stereocenters. The van der Waals surface area contributed by atoms with Gasteiger partial charge in [0.25, 0.3) is 0 Å². The van der Waals surface area contributed by atoms with Gasteiger partial charge >= 0.3 is 0 Å². The maximum atomic E-state index is 11.3. The van der Waals surface area contributed by atoms with Gasteiger partial charge in [0.2, 0.25) is 5.91 Å². The van der Waals surface area contributed by atoms with Crippen LogP contribution in [0.25, 0.3) is 0 Å². The highest BCUT2D eigenvalue weighted by molar-refractivity contribution is 6.31. The van der Waals surface area contributed by atoms with Crippen molar-refractivity contribution in [1.29, 1.82) is 0 Å². The summed E-state index contributed by atoms with van der Waals surface area (Å²) < 4.78 is 4.83. The first kappa shape index (κ1) is 14.0. The van der Waals surface area contributed by atoms with Gasteiger partial charge in [-0.3, -0.25) is 4.79 Å². The largest absolute Gasteiger partial charge is 0.383 e. The molecule has 0 saturated heterocycles. The van der Waals surface area contributed by atoms with Crippen LogP contribution in [0.2, 0.25) is 5.02 Å². The molecule has 5 heteroatoms. The van der Waals surface area contributed by atoms with Gasteiger partial charge < -0.3 is 15.4 Å². The summed E-state index contributed by atoms with van der Waals surface area (Å²) in [6.07, 6.45) is 0. The lowest BCUT2D eigenvalue weighted by Gasteiger charge is -2.07. The third-order valence-corrected chi connectivity index (χ3v) is 2.56. The summed E-state index contributed by atoms with van der Waals surface area (Å²) in [6, 6.07) is 7.56. The zero-order valence-electron chi connectivity index (χ0n) is 9.83. The number of ether oxygens (including phenoxy) is 1. The number of rotatable bonds is 7. The predicted molar refractivity (Wildman–Crippen MR) is 68.0 cm³/mol. The van der Waals surface area contributed by atoms with Gasteiger partial charge in [0, 0.05) is 25.2 Å². The number of hydrogen-bond donors (Lipinski definition) is 2. The van der Waals surface area contributed by atoms with Crippen LogP contribution in [0.3, 0.4) is 0 Å². The van der Waals surface area contributed by atoms with E-state index in [2.05, 4.69) is 10.6 Å². The highest BCUT2D eigenvalue weighted by Crippen LogP contribution is 2.13. The fraction of sp³-hybridized carbons (Fsp3) is 0.417. The second-order valence-corrected chi connectivity index (χ2v) is 3.94. The molecule has 0 bridgehead atoms. The van der Waals surface area contributed by atoms with Crippen molar-refractivity contribution in [3.8, 4) is 0 Å². The molecule has 0 heterocycles. The second kappa shape index (κ2) is 8.06. The first-order chi connectivity index (χ1) is 8.24. The molecule has 0 saturated carbocycles. The van der Waals surface area contributed by atoms with Crippen LogP contribution in [-0.2, 0) is 16.1 Å². The first-order valence-electron chi connectivity index (χ1n) is 5.44. The van der Waals surface area contributed by atoms with Crippen LogP contribution in [0.4, 0.5) is 0 Å². The fourth-order valence-electron chi connectivity index (χ4n) is 1.31. The van der Waals surface area contributed by atoms with Gasteiger partial charge in [-0.1, -0.05) is 29.8 Å². The van der Waals surface area contributed by atoms with Crippen LogP contribution in [0.1, 0.15) is 5.56 Å². The lowest BCUT2D eigenvalue weighted by molar-refractivity contribution is -0.120. The molecule has 2 N–H and O–H groups in total. The Morgan fingerprint density at radius 3 is 2.88 bits per heavy atom. The molecule has 4 nitrogen and oxygen atoms in total. The molecular formula is C12H17ClN2O2. The SMILES string of the molecule is COCCNC(=O)CNCc1ccccc1Cl. The number of nitrogens with one attached hydrogen (secondary N) is 2. The van der Waals surface area contributed by atoms with Crippen LogP contribution in [0.5, 0.6) is 0 Å². The van der Waals surface area contributed by atoms with Crippen molar-refractivity contribution in [3.63, 3.8) is 0 Å². The highest BCUT2D eigenvalue weighted by atomic mass is 35.5. The van der Waals surface area contributed by atoms with Gasteiger partial charge in [-0.15, -0.1) is 0 Å². The zero-order chi connectivity index (χ0) is 12.5. The minimum atomic E-state index is -0.0471. The number of methoxy groups -OCH3 is 1. The Morgan fingerprint density at radius 1 is 1.41 bits per heavy atom. The van der Waals surface area contributed by atoms with E-state index in [1.165, 1.54) is 0 Å². The van der Waals surface area contributed by atoms with Crippen LogP contribution in [0.15, 0.2) is 24.3 Å². The molecule has 0 spiro atoms. The molecule has 1 aromatic carbocycles. The smallest absolute Gasteiger partial charge is 0.234 e. The zero-order valence-corrected chi connectivity index (χ0v) is 10.6. The van der Waals surface area contributed by atoms with E-state index in [0.29, 0.717) is 24.7 Å². The quantitative estimate of drug-likeness (QED) is 0.721. The van der Waals surface area contributed by atoms with Gasteiger partial charge in [-0.25, -0.2) is 0 Å². The van der Waals surface area contributed by atoms with E-state index in [-0.39, 0.29) is 12.5 Å². The number of carbonyl (C=O) groups is 1. The molecule has 1 rings (SSSR count). The van der Waals surface area contributed by atoms with Crippen LogP contribution in [-0.4, -0.2) is 32.7 Å². The normalized spacial score (nSPS) is 10.2. The second-order valence-electron chi connectivity index (χ2n) is 3.54. The maximum absolute atomic E-state index is 11.3. The topological polar surface area (TPSA) is 50.4 Å². The summed E-state index contributed by atoms with van der Waals surface area (Å²) in [5, 5.41) is 6.47.